The van der Waals surface area contributed by atoms with Crippen molar-refractivity contribution in [3.05, 3.63) is 140 Å². The third-order valence-corrected chi connectivity index (χ3v) is 29.9. The van der Waals surface area contributed by atoms with E-state index in [0.717, 1.165) is 291 Å². The largest absolute Gasteiger partial charge is 0.508 e. The van der Waals surface area contributed by atoms with E-state index >= 15 is 0 Å². The fourth-order valence-electron chi connectivity index (χ4n) is 20.1. The molecule has 0 saturated carbocycles. The van der Waals surface area contributed by atoms with Crippen LogP contribution in [0.1, 0.15) is 503 Å². The molecule has 12 nitrogen and oxygen atoms in total. The standard InChI is InChI=1S/3C44H74O4/c3*1-9-11-13-21-37-29-41(45)39(25-23-35(7)19-15-17-33(3)4)43(31-37)47-27-28-48-44-32-38(22-14-12-10-2)30-42(46)40(44)26-24-36(8)20-16-18-34(5)6/h3*29-36,45-46H,9-28H2,1-8H3/t35-,36+;2*35-,36-/m.10/s1. The molecule has 0 aliphatic carbocycles. The van der Waals surface area contributed by atoms with Crippen LogP contribution in [-0.2, 0) is 77.0 Å². The van der Waals surface area contributed by atoms with Crippen molar-refractivity contribution in [2.75, 3.05) is 39.6 Å². The molecule has 0 spiro atoms. The summed E-state index contributed by atoms with van der Waals surface area (Å²) in [5, 5.41) is 66.9. The van der Waals surface area contributed by atoms with Crippen molar-refractivity contribution in [3.8, 4) is 69.0 Å². The summed E-state index contributed by atoms with van der Waals surface area (Å²) < 4.78 is 38.6. The van der Waals surface area contributed by atoms with Gasteiger partial charge >= 0.3 is 0 Å². The maximum Gasteiger partial charge on any atom is 0.126 e. The van der Waals surface area contributed by atoms with E-state index in [2.05, 4.69) is 203 Å². The van der Waals surface area contributed by atoms with Crippen molar-refractivity contribution in [3.63, 3.8) is 0 Å². The van der Waals surface area contributed by atoms with Gasteiger partial charge in [0.15, 0.2) is 0 Å². The summed E-state index contributed by atoms with van der Waals surface area (Å²) in [6.45, 7) is 57.2. The fraction of sp³-hybridized carbons (Fsp3) is 0.727. The van der Waals surface area contributed by atoms with Crippen LogP contribution in [0.3, 0.4) is 0 Å². The highest BCUT2D eigenvalue weighted by Crippen LogP contribution is 2.42. The minimum absolute atomic E-state index is 0.365. The predicted molar refractivity (Wildman–Crippen MR) is 618 cm³/mol. The van der Waals surface area contributed by atoms with E-state index in [0.29, 0.717) is 110 Å². The number of phenols is 6. The smallest absolute Gasteiger partial charge is 0.126 e. The number of aromatic hydroxyl groups is 6. The molecule has 0 radical (unpaired) electrons. The van der Waals surface area contributed by atoms with Gasteiger partial charge in [0.2, 0.25) is 0 Å². The molecule has 144 heavy (non-hydrogen) atoms. The SMILES string of the molecule is CCCCCc1cc(O)c(CC[C@@H](C)CCCC(C)C)c(OCCOc2cc(CCCCC)cc(O)c2CC[C@@H](C)CCCC(C)C)c1.CCCCCc1cc(O)c(CC[C@H](C)CCCC(C)C)c(OCCOc2cc(CCCCC)cc(O)c2CC[C@@H](C)CCCC(C)C)c1.CCCCCc1cc(O)c(CC[C@H](C)CCCC(C)C)c(OCCOc2cc(CCCCC)cc(O)c2CC[C@H](C)CCCC(C)C)c1. The van der Waals surface area contributed by atoms with Crippen LogP contribution in [-0.4, -0.2) is 70.3 Å². The van der Waals surface area contributed by atoms with Gasteiger partial charge in [0.1, 0.15) is 109 Å². The summed E-state index contributed by atoms with van der Waals surface area (Å²) in [6, 6.07) is 24.7. The third-order valence-electron chi connectivity index (χ3n) is 29.9. The molecular weight excluding hydrogens is 1780 g/mol. The number of ether oxygens (including phenoxy) is 6. The van der Waals surface area contributed by atoms with Gasteiger partial charge in [0, 0.05) is 33.4 Å². The second-order valence-electron chi connectivity index (χ2n) is 47.2. The Labute approximate surface area is 885 Å². The number of benzene rings is 6. The van der Waals surface area contributed by atoms with Crippen LogP contribution in [0.5, 0.6) is 69.0 Å². The Kier molecular flexibility index (Phi) is 69.3. The van der Waals surface area contributed by atoms with E-state index < -0.39 is 0 Å². The predicted octanol–water partition coefficient (Wildman–Crippen LogP) is 38.4. The lowest BCUT2D eigenvalue weighted by molar-refractivity contribution is 0.212. The lowest BCUT2D eigenvalue weighted by Gasteiger charge is -2.19. The average molecular weight is 2000 g/mol. The molecular formula is C132H222O12. The van der Waals surface area contributed by atoms with Crippen molar-refractivity contribution >= 4 is 0 Å². The van der Waals surface area contributed by atoms with Crippen LogP contribution >= 0.6 is 0 Å². The van der Waals surface area contributed by atoms with Crippen LogP contribution in [0.25, 0.3) is 0 Å². The van der Waals surface area contributed by atoms with Crippen LogP contribution in [0.4, 0.5) is 0 Å². The zero-order chi connectivity index (χ0) is 106. The van der Waals surface area contributed by atoms with E-state index in [-0.39, 0.29) is 0 Å². The summed E-state index contributed by atoms with van der Waals surface area (Å²) in [5.41, 5.74) is 12.4. The van der Waals surface area contributed by atoms with Gasteiger partial charge in [-0.25, -0.2) is 0 Å². The minimum atomic E-state index is 0.365. The van der Waals surface area contributed by atoms with Crippen LogP contribution in [0.2, 0.25) is 0 Å². The molecule has 6 aromatic carbocycles. The van der Waals surface area contributed by atoms with Crippen molar-refractivity contribution < 1.29 is 59.1 Å². The highest BCUT2D eigenvalue weighted by Gasteiger charge is 2.24. The number of rotatable bonds is 81. The molecule has 822 valence electrons. The second kappa shape index (κ2) is 77.3. The van der Waals surface area contributed by atoms with Crippen molar-refractivity contribution in [2.24, 2.45) is 71.0 Å². The molecule has 0 bridgehead atoms. The normalized spacial score (nSPS) is 13.0. The summed E-state index contributed by atoms with van der Waals surface area (Å²) in [4.78, 5) is 0. The lowest BCUT2D eigenvalue weighted by Crippen LogP contribution is -2.12. The second-order valence-corrected chi connectivity index (χ2v) is 47.2. The molecule has 0 fully saturated rings. The van der Waals surface area contributed by atoms with E-state index in [9.17, 15) is 30.6 Å². The molecule has 0 amide bonds. The molecule has 12 heteroatoms. The molecule has 0 aromatic heterocycles. The van der Waals surface area contributed by atoms with Gasteiger partial charge < -0.3 is 59.1 Å². The summed E-state index contributed by atoms with van der Waals surface area (Å²) in [5.74, 6) is 15.1. The average Bonchev–Trinajstić information content (AvgIpc) is 0.845. The Hall–Kier alpha value is -7.08. The molecule has 0 unspecified atom stereocenters. The lowest BCUT2D eigenvalue weighted by atomic mass is 9.93. The molecule has 6 N–H and O–H groups in total. The van der Waals surface area contributed by atoms with E-state index in [1.165, 1.54) is 193 Å². The van der Waals surface area contributed by atoms with Gasteiger partial charge in [-0.3, -0.25) is 0 Å². The third kappa shape index (κ3) is 57.1. The first-order chi connectivity index (χ1) is 69.1. The first-order valence-corrected chi connectivity index (χ1v) is 60.0. The van der Waals surface area contributed by atoms with Crippen LogP contribution < -0.4 is 28.4 Å². The Bertz CT molecular complexity index is 3570. The topological polar surface area (TPSA) is 177 Å². The first kappa shape index (κ1) is 129. The van der Waals surface area contributed by atoms with Gasteiger partial charge in [-0.05, 0) is 331 Å². The van der Waals surface area contributed by atoms with Crippen LogP contribution in [0.15, 0.2) is 72.8 Å². The maximum absolute atomic E-state index is 11.2. The number of aryl methyl sites for hydroxylation is 6. The van der Waals surface area contributed by atoms with Gasteiger partial charge in [-0.2, -0.15) is 0 Å². The Morgan fingerprint density at radius 1 is 0.160 bits per heavy atom. The van der Waals surface area contributed by atoms with E-state index in [4.69, 9.17) is 28.4 Å². The molecule has 6 aromatic rings. The molecule has 0 aliphatic heterocycles. The van der Waals surface area contributed by atoms with E-state index in [1.807, 2.05) is 36.4 Å². The monoisotopic (exact) mass is 2000 g/mol. The zero-order valence-corrected chi connectivity index (χ0v) is 97.4. The number of phenolic OH excluding ortho intramolecular Hbond substituents is 6. The Morgan fingerprint density at radius 3 is 0.410 bits per heavy atom. The highest BCUT2D eigenvalue weighted by atomic mass is 16.5. The molecule has 0 heterocycles. The highest BCUT2D eigenvalue weighted by molar-refractivity contribution is 5.53. The summed E-state index contributed by atoms with van der Waals surface area (Å²) >= 11 is 0. The van der Waals surface area contributed by atoms with Gasteiger partial charge in [0.05, 0.1) is 0 Å². The number of hydrogen-bond acceptors (Lipinski definition) is 12. The summed E-state index contributed by atoms with van der Waals surface area (Å²) in [7, 11) is 0. The molecule has 0 saturated heterocycles. The van der Waals surface area contributed by atoms with E-state index in [1.54, 1.807) is 0 Å². The molecule has 6 atom stereocenters. The zero-order valence-electron chi connectivity index (χ0n) is 97.4. The van der Waals surface area contributed by atoms with Crippen molar-refractivity contribution in [2.45, 2.75) is 513 Å². The number of unbranched alkanes of at least 4 members (excludes halogenated alkanes) is 12. The van der Waals surface area contributed by atoms with Crippen LogP contribution in [0, 0.1) is 71.0 Å². The van der Waals surface area contributed by atoms with Crippen molar-refractivity contribution in [1.82, 2.24) is 0 Å². The first-order valence-electron chi connectivity index (χ1n) is 60.0. The Morgan fingerprint density at radius 2 is 0.292 bits per heavy atom. The molecule has 6 rings (SSSR count). The van der Waals surface area contributed by atoms with Gasteiger partial charge in [0.25, 0.3) is 0 Å². The van der Waals surface area contributed by atoms with Gasteiger partial charge in [-0.1, -0.05) is 359 Å². The fourth-order valence-corrected chi connectivity index (χ4v) is 20.1. The van der Waals surface area contributed by atoms with Gasteiger partial charge in [-0.15, -0.1) is 0 Å². The minimum Gasteiger partial charge on any atom is -0.508 e. The maximum atomic E-state index is 11.2. The molecule has 0 aliphatic rings. The quantitative estimate of drug-likeness (QED) is 0.0200. The number of hydrogen-bond donors (Lipinski definition) is 6. The summed E-state index contributed by atoms with van der Waals surface area (Å²) in [6.07, 6.45) is 60.2. The Balaban J connectivity index is 0.000000450. The van der Waals surface area contributed by atoms with Crippen molar-refractivity contribution in [1.29, 1.82) is 0 Å².